The highest BCUT2D eigenvalue weighted by atomic mass is 16.6. The molecule has 1 aromatic carbocycles. The van der Waals surface area contributed by atoms with Crippen molar-refractivity contribution < 1.29 is 14.5 Å². The van der Waals surface area contributed by atoms with E-state index in [0.29, 0.717) is 19.4 Å². The fourth-order valence-electron chi connectivity index (χ4n) is 2.07. The summed E-state index contributed by atoms with van der Waals surface area (Å²) in [5.74, 6) is -0.629. The molecule has 1 fully saturated rings. The van der Waals surface area contributed by atoms with Crippen LogP contribution in [0.1, 0.15) is 23.2 Å². The van der Waals surface area contributed by atoms with Gasteiger partial charge in [0.25, 0.3) is 5.91 Å². The number of nitrogen functional groups attached to an aromatic ring is 1. The number of carbonyl (C=O) groups is 2. The lowest BCUT2D eigenvalue weighted by Crippen LogP contribution is -2.47. The monoisotopic (exact) mass is 278 g/mol. The maximum atomic E-state index is 12.1. The summed E-state index contributed by atoms with van der Waals surface area (Å²) in [7, 11) is 0. The quantitative estimate of drug-likeness (QED) is 0.413. The third-order valence-electron chi connectivity index (χ3n) is 3.10. The number of rotatable bonds is 3. The van der Waals surface area contributed by atoms with E-state index >= 15 is 0 Å². The summed E-state index contributed by atoms with van der Waals surface area (Å²) in [5.41, 5.74) is 5.00. The van der Waals surface area contributed by atoms with Crippen LogP contribution < -0.4 is 16.4 Å². The molecule has 1 aromatic rings. The van der Waals surface area contributed by atoms with Crippen molar-refractivity contribution in [3.63, 3.8) is 0 Å². The lowest BCUT2D eigenvalue weighted by molar-refractivity contribution is -0.384. The second-order valence-electron chi connectivity index (χ2n) is 4.51. The van der Waals surface area contributed by atoms with E-state index in [4.69, 9.17) is 5.73 Å². The summed E-state index contributed by atoms with van der Waals surface area (Å²) in [6.07, 6.45) is 0.831. The first-order valence-corrected chi connectivity index (χ1v) is 6.09. The van der Waals surface area contributed by atoms with Crippen LogP contribution in [-0.4, -0.2) is 29.3 Å². The van der Waals surface area contributed by atoms with E-state index < -0.39 is 16.5 Å². The van der Waals surface area contributed by atoms with Gasteiger partial charge in [-0.1, -0.05) is 6.07 Å². The molecule has 0 aliphatic carbocycles. The number of hydrogen-bond acceptors (Lipinski definition) is 5. The minimum Gasteiger partial charge on any atom is -0.393 e. The Bertz CT molecular complexity index is 563. The first-order valence-electron chi connectivity index (χ1n) is 6.09. The molecule has 1 saturated heterocycles. The lowest BCUT2D eigenvalue weighted by atomic mass is 10.1. The number of carbonyl (C=O) groups excluding carboxylic acids is 2. The van der Waals surface area contributed by atoms with Crippen LogP contribution in [0.4, 0.5) is 11.4 Å². The molecule has 0 aromatic heterocycles. The zero-order valence-corrected chi connectivity index (χ0v) is 10.6. The van der Waals surface area contributed by atoms with Crippen molar-refractivity contribution in [3.05, 3.63) is 33.9 Å². The highest BCUT2D eigenvalue weighted by Gasteiger charge is 2.26. The Morgan fingerprint density at radius 2 is 2.25 bits per heavy atom. The maximum absolute atomic E-state index is 12.1. The van der Waals surface area contributed by atoms with Crippen molar-refractivity contribution >= 4 is 23.2 Å². The third kappa shape index (κ3) is 2.85. The molecule has 8 heteroatoms. The first-order chi connectivity index (χ1) is 9.49. The predicted octanol–water partition coefficient (Wildman–Crippen LogP) is 0.185. The molecule has 8 nitrogen and oxygen atoms in total. The van der Waals surface area contributed by atoms with E-state index in [2.05, 4.69) is 10.6 Å². The molecular formula is C12H14N4O4. The van der Waals surface area contributed by atoms with E-state index in [1.807, 2.05) is 0 Å². The van der Waals surface area contributed by atoms with Gasteiger partial charge in [-0.2, -0.15) is 0 Å². The molecule has 1 aliphatic rings. The van der Waals surface area contributed by atoms with Crippen molar-refractivity contribution in [1.82, 2.24) is 10.6 Å². The van der Waals surface area contributed by atoms with Gasteiger partial charge in [-0.15, -0.1) is 0 Å². The summed E-state index contributed by atoms with van der Waals surface area (Å²) >= 11 is 0. The Morgan fingerprint density at radius 1 is 1.50 bits per heavy atom. The molecule has 2 rings (SSSR count). The van der Waals surface area contributed by atoms with Crippen LogP contribution in [0.25, 0.3) is 0 Å². The van der Waals surface area contributed by atoms with E-state index in [1.165, 1.54) is 18.2 Å². The van der Waals surface area contributed by atoms with E-state index in [9.17, 15) is 19.7 Å². The summed E-state index contributed by atoms with van der Waals surface area (Å²) in [6.45, 7) is 0.320. The number of hydrogen-bond donors (Lipinski definition) is 3. The van der Waals surface area contributed by atoms with Crippen LogP contribution >= 0.6 is 0 Å². The zero-order chi connectivity index (χ0) is 14.7. The summed E-state index contributed by atoms with van der Waals surface area (Å²) in [6, 6.07) is 3.97. The molecule has 1 aliphatic heterocycles. The van der Waals surface area contributed by atoms with Gasteiger partial charge in [0.1, 0.15) is 11.3 Å². The van der Waals surface area contributed by atoms with Crippen LogP contribution in [-0.2, 0) is 4.79 Å². The second kappa shape index (κ2) is 5.55. The number of nitrogens with one attached hydrogen (secondary N) is 2. The topological polar surface area (TPSA) is 127 Å². The van der Waals surface area contributed by atoms with Crippen molar-refractivity contribution in [2.24, 2.45) is 0 Å². The van der Waals surface area contributed by atoms with Crippen LogP contribution in [0, 0.1) is 10.1 Å². The molecule has 0 radical (unpaired) electrons. The van der Waals surface area contributed by atoms with Crippen LogP contribution in [0.3, 0.4) is 0 Å². The smallest absolute Gasteiger partial charge is 0.304 e. The minimum absolute atomic E-state index is 0.0559. The molecule has 4 N–H and O–H groups in total. The fraction of sp³-hybridized carbons (Fsp3) is 0.333. The largest absolute Gasteiger partial charge is 0.393 e. The summed E-state index contributed by atoms with van der Waals surface area (Å²) in [4.78, 5) is 33.4. The summed E-state index contributed by atoms with van der Waals surface area (Å²) in [5, 5.41) is 16.3. The molecule has 1 heterocycles. The fourth-order valence-corrected chi connectivity index (χ4v) is 2.07. The van der Waals surface area contributed by atoms with Gasteiger partial charge in [-0.3, -0.25) is 19.7 Å². The Balaban J connectivity index is 2.15. The molecule has 0 spiro atoms. The Morgan fingerprint density at radius 3 is 2.85 bits per heavy atom. The zero-order valence-electron chi connectivity index (χ0n) is 10.6. The molecular weight excluding hydrogens is 264 g/mol. The molecule has 1 atom stereocenters. The highest BCUT2D eigenvalue weighted by Crippen LogP contribution is 2.25. The number of anilines is 1. The molecule has 1 unspecified atom stereocenters. The third-order valence-corrected chi connectivity index (χ3v) is 3.10. The first kappa shape index (κ1) is 13.8. The maximum Gasteiger partial charge on any atom is 0.304 e. The molecule has 2 amide bonds. The van der Waals surface area contributed by atoms with Gasteiger partial charge in [-0.25, -0.2) is 0 Å². The van der Waals surface area contributed by atoms with Gasteiger partial charge >= 0.3 is 5.69 Å². The number of para-hydroxylation sites is 1. The number of piperidine rings is 1. The van der Waals surface area contributed by atoms with Crippen molar-refractivity contribution in [1.29, 1.82) is 0 Å². The summed E-state index contributed by atoms with van der Waals surface area (Å²) < 4.78 is 0. The number of amides is 2. The van der Waals surface area contributed by atoms with Crippen molar-refractivity contribution in [2.45, 2.75) is 18.9 Å². The molecule has 106 valence electrons. The van der Waals surface area contributed by atoms with Crippen LogP contribution in [0.5, 0.6) is 0 Å². The van der Waals surface area contributed by atoms with Crippen LogP contribution in [0.15, 0.2) is 18.2 Å². The van der Waals surface area contributed by atoms with E-state index in [-0.39, 0.29) is 23.2 Å². The second-order valence-corrected chi connectivity index (χ2v) is 4.51. The van der Waals surface area contributed by atoms with Crippen molar-refractivity contribution in [3.8, 4) is 0 Å². The van der Waals surface area contributed by atoms with Gasteiger partial charge in [0.15, 0.2) is 0 Å². The number of nitrogens with two attached hydrogens (primary N) is 1. The van der Waals surface area contributed by atoms with E-state index in [1.54, 1.807) is 0 Å². The Kier molecular flexibility index (Phi) is 3.83. The number of benzene rings is 1. The minimum atomic E-state index is -0.674. The van der Waals surface area contributed by atoms with Gasteiger partial charge in [0.05, 0.1) is 4.92 Å². The van der Waals surface area contributed by atoms with E-state index in [0.717, 1.165) is 0 Å². The normalized spacial score (nSPS) is 18.2. The van der Waals surface area contributed by atoms with Gasteiger partial charge in [0.2, 0.25) is 5.91 Å². The molecule has 0 saturated carbocycles. The predicted molar refractivity (Wildman–Crippen MR) is 71.0 cm³/mol. The average Bonchev–Trinajstić information content (AvgIpc) is 2.40. The van der Waals surface area contributed by atoms with Crippen LogP contribution in [0.2, 0.25) is 0 Å². The molecule has 0 bridgehead atoms. The number of nitro groups is 1. The standard InChI is InChI=1S/C12H14N4O4/c13-9-3-1-2-8(11(9)16(19)20)12(18)15-7-4-5-10(17)14-6-7/h1-3,7H,4-6,13H2,(H,14,17)(H,15,18). The average molecular weight is 278 g/mol. The lowest BCUT2D eigenvalue weighted by Gasteiger charge is -2.23. The van der Waals surface area contributed by atoms with Gasteiger partial charge in [0, 0.05) is 19.0 Å². The van der Waals surface area contributed by atoms with Crippen molar-refractivity contribution in [2.75, 3.05) is 12.3 Å². The SMILES string of the molecule is Nc1cccc(C(=O)NC2CCC(=O)NC2)c1[N+](=O)[O-]. The highest BCUT2D eigenvalue weighted by molar-refractivity contribution is 6.00. The number of nitrogens with zero attached hydrogens (tertiary/aromatic N) is 1. The Hall–Kier alpha value is -2.64. The Labute approximate surface area is 114 Å². The van der Waals surface area contributed by atoms with Gasteiger partial charge in [-0.05, 0) is 18.6 Å². The molecule has 20 heavy (non-hydrogen) atoms. The number of nitro benzene ring substituents is 1. The van der Waals surface area contributed by atoms with Gasteiger partial charge < -0.3 is 16.4 Å².